The van der Waals surface area contributed by atoms with E-state index in [0.717, 1.165) is 5.56 Å². The maximum absolute atomic E-state index is 13.5. The minimum Gasteiger partial charge on any atom is -0.493 e. The van der Waals surface area contributed by atoms with Crippen LogP contribution in [0, 0.1) is 11.8 Å². The summed E-state index contributed by atoms with van der Waals surface area (Å²) in [6.07, 6.45) is 0.279. The van der Waals surface area contributed by atoms with Gasteiger partial charge in [-0.15, -0.1) is 0 Å². The molecule has 4 aliphatic heterocycles. The Morgan fingerprint density at radius 3 is 2.61 bits per heavy atom. The van der Waals surface area contributed by atoms with Gasteiger partial charge in [0.05, 0.1) is 38.5 Å². The van der Waals surface area contributed by atoms with Crippen LogP contribution in [-0.2, 0) is 29.3 Å². The number of hydrogen-bond acceptors (Lipinski definition) is 7. The van der Waals surface area contributed by atoms with E-state index < -0.39 is 53.7 Å². The highest BCUT2D eigenvalue weighted by Crippen LogP contribution is 2.65. The first-order valence-electron chi connectivity index (χ1n) is 11.1. The monoisotopic (exact) mass is 456 g/mol. The third kappa shape index (κ3) is 2.36. The highest BCUT2D eigenvalue weighted by Gasteiger charge is 2.73. The van der Waals surface area contributed by atoms with Crippen molar-refractivity contribution in [2.75, 3.05) is 32.3 Å². The molecule has 174 valence electrons. The van der Waals surface area contributed by atoms with Crippen LogP contribution in [-0.4, -0.2) is 79.1 Å². The average Bonchev–Trinajstić information content (AvgIpc) is 3.34. The molecule has 1 N–H and O–H groups in total. The maximum atomic E-state index is 13.5. The number of rotatable bonds is 5. The lowest BCUT2D eigenvalue weighted by molar-refractivity contribution is -0.166. The summed E-state index contributed by atoms with van der Waals surface area (Å²) in [6, 6.07) is 3.07. The minimum absolute atomic E-state index is 0.0509. The molecule has 4 heterocycles. The van der Waals surface area contributed by atoms with Crippen LogP contribution in [0.25, 0.3) is 0 Å². The number of carbonyl (C=O) groups excluding carboxylic acids is 3. The fraction of sp³-hybridized carbons (Fsp3) is 0.565. The van der Waals surface area contributed by atoms with Gasteiger partial charge in [-0.25, -0.2) is 4.79 Å². The van der Waals surface area contributed by atoms with E-state index in [4.69, 9.17) is 14.2 Å². The molecular weight excluding hydrogens is 432 g/mol. The number of aliphatic carboxylic acids is 1. The van der Waals surface area contributed by atoms with Gasteiger partial charge in [0.25, 0.3) is 5.91 Å². The molecule has 33 heavy (non-hydrogen) atoms. The molecule has 5 aliphatic rings. The Kier molecular flexibility index (Phi) is 4.15. The van der Waals surface area contributed by atoms with Crippen LogP contribution in [0.15, 0.2) is 12.1 Å². The third-order valence-electron chi connectivity index (χ3n) is 8.42. The van der Waals surface area contributed by atoms with Crippen molar-refractivity contribution in [3.8, 4) is 11.5 Å². The van der Waals surface area contributed by atoms with E-state index in [2.05, 4.69) is 0 Å². The largest absolute Gasteiger partial charge is 0.493 e. The topological polar surface area (TPSA) is 123 Å². The van der Waals surface area contributed by atoms with Crippen LogP contribution in [0.2, 0.25) is 0 Å². The van der Waals surface area contributed by atoms with Crippen molar-refractivity contribution in [3.05, 3.63) is 17.7 Å². The van der Waals surface area contributed by atoms with Gasteiger partial charge in [0, 0.05) is 35.9 Å². The van der Waals surface area contributed by atoms with E-state index in [-0.39, 0.29) is 18.4 Å². The van der Waals surface area contributed by atoms with E-state index in [9.17, 15) is 24.3 Å². The Morgan fingerprint density at radius 1 is 1.18 bits per heavy atom. The van der Waals surface area contributed by atoms with Crippen LogP contribution in [0.5, 0.6) is 11.5 Å². The number of Topliss-reactive ketones (excluding diaryl/α,β-unsaturated/α-hetero) is 1. The fourth-order valence-electron chi connectivity index (χ4n) is 7.35. The minimum atomic E-state index is -1.14. The maximum Gasteiger partial charge on any atom is 0.329 e. The summed E-state index contributed by atoms with van der Waals surface area (Å²) >= 11 is 0. The summed E-state index contributed by atoms with van der Waals surface area (Å²) in [5.41, 5.74) is 1.04. The van der Waals surface area contributed by atoms with Crippen LogP contribution >= 0.6 is 0 Å². The molecule has 1 saturated carbocycles. The molecule has 10 nitrogen and oxygen atoms in total. The van der Waals surface area contributed by atoms with Crippen molar-refractivity contribution >= 4 is 29.3 Å². The predicted octanol–water partition coefficient (Wildman–Crippen LogP) is 0.350. The van der Waals surface area contributed by atoms with Crippen molar-refractivity contribution in [1.82, 2.24) is 4.90 Å². The molecule has 6 rings (SSSR count). The molecule has 1 aromatic rings. The zero-order valence-electron chi connectivity index (χ0n) is 18.3. The SMILES string of the molecule is COc1cc2c(cc1OC)[C@]13CCN4C(=O)C(=O)[C@@H](C[C@@H]41)[C@H]1[C@@H](OCC(=O)O)CC(=O)N2[C@@H]13. The predicted molar refractivity (Wildman–Crippen MR) is 111 cm³/mol. The molecule has 1 spiro atoms. The summed E-state index contributed by atoms with van der Waals surface area (Å²) in [5.74, 6) is -2.33. The Labute approximate surface area is 189 Å². The van der Waals surface area contributed by atoms with Gasteiger partial charge >= 0.3 is 5.97 Å². The molecule has 6 atom stereocenters. The lowest BCUT2D eigenvalue weighted by Gasteiger charge is -2.57. The number of ether oxygens (including phenoxy) is 3. The summed E-state index contributed by atoms with van der Waals surface area (Å²) in [7, 11) is 3.08. The molecular formula is C23H24N2O8. The van der Waals surface area contributed by atoms with Gasteiger partial charge in [-0.1, -0.05) is 0 Å². The molecule has 2 bridgehead atoms. The molecule has 1 aliphatic carbocycles. The number of benzene rings is 1. The van der Waals surface area contributed by atoms with Gasteiger partial charge in [0.2, 0.25) is 11.7 Å². The Morgan fingerprint density at radius 2 is 1.91 bits per heavy atom. The van der Waals surface area contributed by atoms with Crippen molar-refractivity contribution in [1.29, 1.82) is 0 Å². The van der Waals surface area contributed by atoms with E-state index in [0.29, 0.717) is 36.6 Å². The van der Waals surface area contributed by atoms with Gasteiger partial charge in [-0.3, -0.25) is 14.4 Å². The molecule has 4 fully saturated rings. The van der Waals surface area contributed by atoms with Crippen LogP contribution < -0.4 is 14.4 Å². The number of methoxy groups -OCH3 is 2. The van der Waals surface area contributed by atoms with Gasteiger partial charge < -0.3 is 29.1 Å². The summed E-state index contributed by atoms with van der Waals surface area (Å²) in [5, 5.41) is 9.18. The molecule has 10 heteroatoms. The second-order valence-corrected chi connectivity index (χ2v) is 9.47. The highest BCUT2D eigenvalue weighted by atomic mass is 16.5. The Hall–Kier alpha value is -3.14. The highest BCUT2D eigenvalue weighted by molar-refractivity contribution is 6.38. The number of anilines is 1. The molecule has 2 amide bonds. The number of piperidine rings is 2. The van der Waals surface area contributed by atoms with Gasteiger partial charge in [-0.2, -0.15) is 0 Å². The number of carboxylic acids is 1. The van der Waals surface area contributed by atoms with Crippen LogP contribution in [0.4, 0.5) is 5.69 Å². The van der Waals surface area contributed by atoms with E-state index in [1.54, 1.807) is 23.0 Å². The molecule has 1 aromatic carbocycles. The quantitative estimate of drug-likeness (QED) is 0.630. The van der Waals surface area contributed by atoms with Gasteiger partial charge in [0.15, 0.2) is 11.5 Å². The number of nitrogens with zero attached hydrogens (tertiary/aromatic N) is 2. The molecule has 0 aromatic heterocycles. The smallest absolute Gasteiger partial charge is 0.329 e. The first kappa shape index (κ1) is 20.5. The van der Waals surface area contributed by atoms with Crippen LogP contribution in [0.1, 0.15) is 24.8 Å². The summed E-state index contributed by atoms with van der Waals surface area (Å²) in [6.45, 7) is -0.130. The zero-order chi connectivity index (χ0) is 23.2. The van der Waals surface area contributed by atoms with E-state index in [1.807, 2.05) is 6.07 Å². The number of amides is 2. The molecule has 0 unspecified atom stereocenters. The standard InChI is InChI=1S/C23H24N2O8/c1-31-13-6-11-12(7-14(13)32-2)25-17(26)8-15(33-9-18(27)28)19-10-5-16-23(11,21(19)25)3-4-24(16)22(30)20(10)29/h6-7,10,15-16,19,21H,3-5,8-9H2,1-2H3,(H,27,28)/t10-,15-,16+,19-,21-,23+/m0/s1. The second kappa shape index (κ2) is 6.69. The van der Waals surface area contributed by atoms with Gasteiger partial charge in [-0.05, 0) is 24.5 Å². The van der Waals surface area contributed by atoms with Crippen molar-refractivity contribution in [3.63, 3.8) is 0 Å². The van der Waals surface area contributed by atoms with E-state index >= 15 is 0 Å². The molecule has 3 saturated heterocycles. The summed E-state index contributed by atoms with van der Waals surface area (Å²) < 4.78 is 16.8. The van der Waals surface area contributed by atoms with Crippen molar-refractivity contribution in [2.45, 2.75) is 42.9 Å². The number of carbonyl (C=O) groups is 4. The number of fused-ring (bicyclic) bond motifs is 4. The number of carboxylic acid groups (broad SMARTS) is 1. The van der Waals surface area contributed by atoms with Gasteiger partial charge in [0.1, 0.15) is 6.61 Å². The first-order chi connectivity index (χ1) is 15.8. The van der Waals surface area contributed by atoms with E-state index in [1.165, 1.54) is 7.11 Å². The molecule has 0 radical (unpaired) electrons. The number of hydrogen-bond donors (Lipinski definition) is 1. The lowest BCUT2D eigenvalue weighted by atomic mass is 9.54. The summed E-state index contributed by atoms with van der Waals surface area (Å²) in [4.78, 5) is 54.3. The zero-order valence-corrected chi connectivity index (χ0v) is 18.3. The first-order valence-corrected chi connectivity index (χ1v) is 11.1. The lowest BCUT2D eigenvalue weighted by Crippen LogP contribution is -2.71. The van der Waals surface area contributed by atoms with Crippen molar-refractivity contribution < 1.29 is 38.5 Å². The third-order valence-corrected chi connectivity index (χ3v) is 8.42. The van der Waals surface area contributed by atoms with Crippen LogP contribution in [0.3, 0.4) is 0 Å². The fourth-order valence-corrected chi connectivity index (χ4v) is 7.35. The second-order valence-electron chi connectivity index (χ2n) is 9.47. The normalized spacial score (nSPS) is 35.5. The number of ketones is 1. The average molecular weight is 456 g/mol. The Bertz CT molecular complexity index is 1120. The Balaban J connectivity index is 1.58. The van der Waals surface area contributed by atoms with Crippen molar-refractivity contribution in [2.24, 2.45) is 11.8 Å².